The number of rotatable bonds is 5. The summed E-state index contributed by atoms with van der Waals surface area (Å²) in [4.78, 5) is 0. The summed E-state index contributed by atoms with van der Waals surface area (Å²) in [6.07, 6.45) is 6.32. The SMILES string of the molecule is C#CC(CC)NCc1cc(Br)ccc1OC. The number of benzene rings is 1. The predicted molar refractivity (Wildman–Crippen MR) is 70.4 cm³/mol. The highest BCUT2D eigenvalue weighted by Gasteiger charge is 2.06. The van der Waals surface area contributed by atoms with Crippen LogP contribution in [-0.4, -0.2) is 13.2 Å². The molecule has 3 heteroatoms. The summed E-state index contributed by atoms with van der Waals surface area (Å²) >= 11 is 3.44. The second-order valence-corrected chi connectivity index (χ2v) is 4.38. The van der Waals surface area contributed by atoms with Gasteiger partial charge in [0.15, 0.2) is 0 Å². The van der Waals surface area contributed by atoms with E-state index in [1.807, 2.05) is 18.2 Å². The van der Waals surface area contributed by atoms with Crippen molar-refractivity contribution in [2.75, 3.05) is 7.11 Å². The maximum atomic E-state index is 5.39. The fraction of sp³-hybridized carbons (Fsp3) is 0.385. The summed E-state index contributed by atoms with van der Waals surface area (Å²) in [6.45, 7) is 2.78. The first-order valence-electron chi connectivity index (χ1n) is 5.23. The molecule has 0 heterocycles. The Morgan fingerprint density at radius 1 is 1.56 bits per heavy atom. The molecular weight excluding hydrogens is 266 g/mol. The van der Waals surface area contributed by atoms with Crippen LogP contribution in [0.5, 0.6) is 5.75 Å². The smallest absolute Gasteiger partial charge is 0.123 e. The van der Waals surface area contributed by atoms with E-state index >= 15 is 0 Å². The molecule has 1 aromatic carbocycles. The Morgan fingerprint density at radius 3 is 2.88 bits per heavy atom. The van der Waals surface area contributed by atoms with Crippen LogP contribution in [0.3, 0.4) is 0 Å². The van der Waals surface area contributed by atoms with Gasteiger partial charge in [-0.1, -0.05) is 28.8 Å². The lowest BCUT2D eigenvalue weighted by Gasteiger charge is -2.13. The Labute approximate surface area is 106 Å². The summed E-state index contributed by atoms with van der Waals surface area (Å²) < 4.78 is 6.33. The maximum absolute atomic E-state index is 5.39. The zero-order chi connectivity index (χ0) is 12.0. The molecule has 0 radical (unpaired) electrons. The molecule has 0 aliphatic carbocycles. The first kappa shape index (κ1) is 13.1. The van der Waals surface area contributed by atoms with E-state index in [1.165, 1.54) is 0 Å². The summed E-state index contributed by atoms with van der Waals surface area (Å²) in [5, 5.41) is 3.30. The summed E-state index contributed by atoms with van der Waals surface area (Å²) in [6, 6.07) is 6.05. The highest BCUT2D eigenvalue weighted by molar-refractivity contribution is 9.10. The van der Waals surface area contributed by atoms with Crippen LogP contribution >= 0.6 is 15.9 Å². The van der Waals surface area contributed by atoms with E-state index < -0.39 is 0 Å². The van der Waals surface area contributed by atoms with Gasteiger partial charge in [0, 0.05) is 16.6 Å². The van der Waals surface area contributed by atoms with E-state index in [0.29, 0.717) is 6.54 Å². The van der Waals surface area contributed by atoms with Gasteiger partial charge in [0.05, 0.1) is 13.2 Å². The van der Waals surface area contributed by atoms with Gasteiger partial charge in [0.1, 0.15) is 5.75 Å². The number of hydrogen-bond acceptors (Lipinski definition) is 2. The van der Waals surface area contributed by atoms with Crippen molar-refractivity contribution in [3.05, 3.63) is 28.2 Å². The van der Waals surface area contributed by atoms with Gasteiger partial charge in [-0.05, 0) is 24.6 Å². The maximum Gasteiger partial charge on any atom is 0.123 e. The molecule has 1 atom stereocenters. The summed E-state index contributed by atoms with van der Waals surface area (Å²) in [5.74, 6) is 3.59. The van der Waals surface area contributed by atoms with E-state index in [0.717, 1.165) is 22.2 Å². The molecule has 0 bridgehead atoms. The normalized spacial score (nSPS) is 11.9. The fourth-order valence-electron chi connectivity index (χ4n) is 1.44. The molecule has 1 N–H and O–H groups in total. The monoisotopic (exact) mass is 281 g/mol. The fourth-order valence-corrected chi connectivity index (χ4v) is 1.85. The van der Waals surface area contributed by atoms with Crippen molar-refractivity contribution < 1.29 is 4.74 Å². The Hall–Kier alpha value is -0.980. The summed E-state index contributed by atoms with van der Waals surface area (Å²) in [7, 11) is 1.67. The lowest BCUT2D eigenvalue weighted by atomic mass is 10.1. The second kappa shape index (κ2) is 6.57. The number of nitrogens with one attached hydrogen (secondary N) is 1. The van der Waals surface area contributed by atoms with Crippen LogP contribution in [0.25, 0.3) is 0 Å². The first-order chi connectivity index (χ1) is 7.71. The Kier molecular flexibility index (Phi) is 5.37. The quantitative estimate of drug-likeness (QED) is 0.838. The average Bonchev–Trinajstić information content (AvgIpc) is 2.30. The zero-order valence-electron chi connectivity index (χ0n) is 9.59. The van der Waals surface area contributed by atoms with E-state index in [1.54, 1.807) is 7.11 Å². The third-order valence-electron chi connectivity index (χ3n) is 2.39. The highest BCUT2D eigenvalue weighted by Crippen LogP contribution is 2.22. The van der Waals surface area contributed by atoms with Crippen molar-refractivity contribution in [1.82, 2.24) is 5.32 Å². The van der Waals surface area contributed by atoms with Gasteiger partial charge in [-0.2, -0.15) is 0 Å². The molecule has 0 spiro atoms. The third kappa shape index (κ3) is 3.55. The molecule has 16 heavy (non-hydrogen) atoms. The molecule has 1 unspecified atom stereocenters. The minimum Gasteiger partial charge on any atom is -0.496 e. The Balaban J connectivity index is 2.72. The van der Waals surface area contributed by atoms with E-state index in [-0.39, 0.29) is 6.04 Å². The van der Waals surface area contributed by atoms with E-state index in [4.69, 9.17) is 11.2 Å². The average molecular weight is 282 g/mol. The molecule has 0 aliphatic heterocycles. The van der Waals surface area contributed by atoms with Crippen LogP contribution in [0.4, 0.5) is 0 Å². The van der Waals surface area contributed by atoms with Crippen molar-refractivity contribution in [2.45, 2.75) is 25.9 Å². The molecular formula is C13H16BrNO. The van der Waals surface area contributed by atoms with Gasteiger partial charge in [0.2, 0.25) is 0 Å². The molecule has 1 rings (SSSR count). The molecule has 0 saturated carbocycles. The van der Waals surface area contributed by atoms with Crippen LogP contribution in [-0.2, 0) is 6.54 Å². The third-order valence-corrected chi connectivity index (χ3v) is 2.88. The molecule has 0 aliphatic rings. The number of halogens is 1. The first-order valence-corrected chi connectivity index (χ1v) is 6.02. The van der Waals surface area contributed by atoms with E-state index in [9.17, 15) is 0 Å². The Bertz CT molecular complexity index is 384. The van der Waals surface area contributed by atoms with Gasteiger partial charge in [-0.25, -0.2) is 0 Å². The number of ether oxygens (including phenoxy) is 1. The van der Waals surface area contributed by atoms with Crippen LogP contribution in [0, 0.1) is 12.3 Å². The van der Waals surface area contributed by atoms with Crippen LogP contribution in [0.1, 0.15) is 18.9 Å². The number of methoxy groups -OCH3 is 1. The molecule has 1 aromatic rings. The molecule has 0 aromatic heterocycles. The van der Waals surface area contributed by atoms with Gasteiger partial charge in [-0.3, -0.25) is 5.32 Å². The van der Waals surface area contributed by atoms with Crippen molar-refractivity contribution in [2.24, 2.45) is 0 Å². The molecule has 0 amide bonds. The van der Waals surface area contributed by atoms with Gasteiger partial charge in [0.25, 0.3) is 0 Å². The molecule has 0 saturated heterocycles. The van der Waals surface area contributed by atoms with Crippen molar-refractivity contribution >= 4 is 15.9 Å². The van der Waals surface area contributed by atoms with Crippen LogP contribution in [0.2, 0.25) is 0 Å². The molecule has 86 valence electrons. The second-order valence-electron chi connectivity index (χ2n) is 3.46. The predicted octanol–water partition coefficient (Wildman–Crippen LogP) is 2.96. The van der Waals surface area contributed by atoms with Crippen LogP contribution in [0.15, 0.2) is 22.7 Å². The number of terminal acetylenes is 1. The Morgan fingerprint density at radius 2 is 2.31 bits per heavy atom. The minimum atomic E-state index is 0.115. The minimum absolute atomic E-state index is 0.115. The lowest BCUT2D eigenvalue weighted by Crippen LogP contribution is -2.26. The zero-order valence-corrected chi connectivity index (χ0v) is 11.2. The molecule has 2 nitrogen and oxygen atoms in total. The topological polar surface area (TPSA) is 21.3 Å². The van der Waals surface area contributed by atoms with Crippen molar-refractivity contribution in [1.29, 1.82) is 0 Å². The van der Waals surface area contributed by atoms with Gasteiger partial charge in [-0.15, -0.1) is 6.42 Å². The van der Waals surface area contributed by atoms with Crippen LogP contribution < -0.4 is 10.1 Å². The molecule has 0 fully saturated rings. The van der Waals surface area contributed by atoms with Crippen molar-refractivity contribution in [3.8, 4) is 18.1 Å². The van der Waals surface area contributed by atoms with E-state index in [2.05, 4.69) is 34.1 Å². The van der Waals surface area contributed by atoms with Gasteiger partial charge >= 0.3 is 0 Å². The number of hydrogen-bond donors (Lipinski definition) is 1. The summed E-state index contributed by atoms with van der Waals surface area (Å²) in [5.41, 5.74) is 1.10. The lowest BCUT2D eigenvalue weighted by molar-refractivity contribution is 0.406. The highest BCUT2D eigenvalue weighted by atomic mass is 79.9. The standard InChI is InChI=1S/C13H16BrNO/c1-4-12(5-2)15-9-10-8-11(14)6-7-13(10)16-3/h1,6-8,12,15H,5,9H2,2-3H3. The van der Waals surface area contributed by atoms with Crippen molar-refractivity contribution in [3.63, 3.8) is 0 Å². The largest absolute Gasteiger partial charge is 0.496 e. The van der Waals surface area contributed by atoms with Gasteiger partial charge < -0.3 is 4.74 Å².